The molecule has 0 aromatic heterocycles. The molecule has 0 radical (unpaired) electrons. The highest BCUT2D eigenvalue weighted by molar-refractivity contribution is 6.01. The smallest absolute Gasteiger partial charge is 0.271 e. The molecule has 1 amide bonds. The van der Waals surface area contributed by atoms with E-state index in [-0.39, 0.29) is 11.3 Å². The molecule has 7 heteroatoms. The van der Waals surface area contributed by atoms with Gasteiger partial charge in [0.05, 0.1) is 10.6 Å². The number of carbonyl (C=O) groups excluding carboxylic acids is 1. The second-order valence-corrected chi connectivity index (χ2v) is 4.57. The third-order valence-electron chi connectivity index (χ3n) is 2.97. The van der Waals surface area contributed by atoms with Gasteiger partial charge in [0, 0.05) is 23.4 Å². The quantitative estimate of drug-likeness (QED) is 0.390. The van der Waals surface area contributed by atoms with E-state index in [0.717, 1.165) is 5.56 Å². The predicted octanol–water partition coefficient (Wildman–Crippen LogP) is 2.33. The van der Waals surface area contributed by atoms with E-state index in [1.54, 1.807) is 25.1 Å². The normalized spacial score (nSPS) is 11.0. The molecule has 0 aliphatic heterocycles. The number of nitro benzene ring substituents is 1. The summed E-state index contributed by atoms with van der Waals surface area (Å²) in [5.41, 5.74) is 10.3. The van der Waals surface area contributed by atoms with E-state index in [1.807, 2.05) is 6.07 Å². The number of nitrogens with two attached hydrogens (primary N) is 1. The maximum absolute atomic E-state index is 11.9. The van der Waals surface area contributed by atoms with Crippen molar-refractivity contribution in [1.29, 1.82) is 0 Å². The van der Waals surface area contributed by atoms with Crippen molar-refractivity contribution in [3.8, 4) is 0 Å². The Kier molecular flexibility index (Phi) is 4.47. The Morgan fingerprint density at radius 3 is 2.45 bits per heavy atom. The van der Waals surface area contributed by atoms with E-state index in [1.165, 1.54) is 24.3 Å². The van der Waals surface area contributed by atoms with Gasteiger partial charge in [0.2, 0.25) is 0 Å². The average molecular weight is 298 g/mol. The second kappa shape index (κ2) is 6.49. The molecule has 0 atom stereocenters. The minimum absolute atomic E-state index is 0.0732. The van der Waals surface area contributed by atoms with Crippen LogP contribution in [0.4, 0.5) is 11.4 Å². The first kappa shape index (κ1) is 15.2. The first-order valence-corrected chi connectivity index (χ1v) is 6.42. The SMILES string of the molecule is C/C(=N\NC(=O)c1ccc([N+](=O)[O-])cc1)c1cccc(N)c1. The fraction of sp³-hybridized carbons (Fsp3) is 0.0667. The van der Waals surface area contributed by atoms with Gasteiger partial charge in [-0.25, -0.2) is 5.43 Å². The number of amides is 1. The second-order valence-electron chi connectivity index (χ2n) is 4.57. The van der Waals surface area contributed by atoms with Crippen LogP contribution >= 0.6 is 0 Å². The summed E-state index contributed by atoms with van der Waals surface area (Å²) in [5, 5.41) is 14.6. The Balaban J connectivity index is 2.08. The predicted molar refractivity (Wildman–Crippen MR) is 83.6 cm³/mol. The molecule has 0 saturated carbocycles. The molecule has 2 aromatic carbocycles. The molecule has 7 nitrogen and oxygen atoms in total. The van der Waals surface area contributed by atoms with Crippen LogP contribution in [0, 0.1) is 10.1 Å². The van der Waals surface area contributed by atoms with Gasteiger partial charge in [-0.1, -0.05) is 12.1 Å². The molecule has 112 valence electrons. The topological polar surface area (TPSA) is 111 Å². The number of nitrogens with zero attached hydrogens (tertiary/aromatic N) is 2. The number of benzene rings is 2. The highest BCUT2D eigenvalue weighted by atomic mass is 16.6. The minimum Gasteiger partial charge on any atom is -0.399 e. The number of hydrogen-bond acceptors (Lipinski definition) is 5. The number of carbonyl (C=O) groups is 1. The fourth-order valence-corrected chi connectivity index (χ4v) is 1.76. The Hall–Kier alpha value is -3.22. The van der Waals surface area contributed by atoms with Crippen LogP contribution < -0.4 is 11.2 Å². The van der Waals surface area contributed by atoms with Crippen LogP contribution in [0.1, 0.15) is 22.8 Å². The monoisotopic (exact) mass is 298 g/mol. The van der Waals surface area contributed by atoms with Crippen molar-refractivity contribution in [3.63, 3.8) is 0 Å². The Bertz CT molecular complexity index is 739. The molecule has 0 saturated heterocycles. The molecule has 0 aliphatic rings. The molecule has 0 unspecified atom stereocenters. The van der Waals surface area contributed by atoms with Gasteiger partial charge in [0.15, 0.2) is 0 Å². The van der Waals surface area contributed by atoms with Gasteiger partial charge < -0.3 is 5.73 Å². The molecule has 0 heterocycles. The van der Waals surface area contributed by atoms with Gasteiger partial charge in [-0.3, -0.25) is 14.9 Å². The molecule has 3 N–H and O–H groups in total. The number of nitrogens with one attached hydrogen (secondary N) is 1. The lowest BCUT2D eigenvalue weighted by molar-refractivity contribution is -0.384. The summed E-state index contributed by atoms with van der Waals surface area (Å²) in [6.07, 6.45) is 0. The van der Waals surface area contributed by atoms with Crippen molar-refractivity contribution < 1.29 is 9.72 Å². The van der Waals surface area contributed by atoms with Gasteiger partial charge in [-0.2, -0.15) is 5.10 Å². The standard InChI is InChI=1S/C15H14N4O3/c1-10(12-3-2-4-13(16)9-12)17-18-15(20)11-5-7-14(8-6-11)19(21)22/h2-9H,16H2,1H3,(H,18,20)/b17-10+. The molecule has 22 heavy (non-hydrogen) atoms. The van der Waals surface area contributed by atoms with Crippen molar-refractivity contribution in [1.82, 2.24) is 5.43 Å². The van der Waals surface area contributed by atoms with Crippen LogP contribution in [0.25, 0.3) is 0 Å². The maximum Gasteiger partial charge on any atom is 0.271 e. The van der Waals surface area contributed by atoms with Gasteiger partial charge in [-0.15, -0.1) is 0 Å². The summed E-state index contributed by atoms with van der Waals surface area (Å²) in [7, 11) is 0. The molecule has 0 bridgehead atoms. The van der Waals surface area contributed by atoms with Crippen LogP contribution in [-0.2, 0) is 0 Å². The molecule has 2 rings (SSSR count). The number of hydrogen-bond donors (Lipinski definition) is 2. The van der Waals surface area contributed by atoms with Crippen molar-refractivity contribution in [2.24, 2.45) is 5.10 Å². The van der Waals surface area contributed by atoms with E-state index in [0.29, 0.717) is 11.4 Å². The fourth-order valence-electron chi connectivity index (χ4n) is 1.76. The van der Waals surface area contributed by atoms with Gasteiger partial charge in [-0.05, 0) is 36.8 Å². The van der Waals surface area contributed by atoms with Crippen molar-refractivity contribution in [2.45, 2.75) is 6.92 Å². The number of anilines is 1. The third-order valence-corrected chi connectivity index (χ3v) is 2.97. The molecule has 2 aromatic rings. The Morgan fingerprint density at radius 1 is 1.18 bits per heavy atom. The lowest BCUT2D eigenvalue weighted by Gasteiger charge is -2.04. The maximum atomic E-state index is 11.9. The van der Waals surface area contributed by atoms with E-state index in [9.17, 15) is 14.9 Å². The van der Waals surface area contributed by atoms with Crippen LogP contribution in [0.15, 0.2) is 53.6 Å². The zero-order chi connectivity index (χ0) is 16.1. The van der Waals surface area contributed by atoms with E-state index >= 15 is 0 Å². The highest BCUT2D eigenvalue weighted by Crippen LogP contribution is 2.12. The number of hydrazone groups is 1. The molecule has 0 spiro atoms. The zero-order valence-electron chi connectivity index (χ0n) is 11.8. The van der Waals surface area contributed by atoms with Crippen molar-refractivity contribution >= 4 is 23.0 Å². The van der Waals surface area contributed by atoms with Crippen molar-refractivity contribution in [2.75, 3.05) is 5.73 Å². The minimum atomic E-state index is -0.524. The number of non-ortho nitro benzene ring substituents is 1. The first-order chi connectivity index (χ1) is 10.5. The Morgan fingerprint density at radius 2 is 1.86 bits per heavy atom. The summed E-state index contributed by atoms with van der Waals surface area (Å²) >= 11 is 0. The van der Waals surface area contributed by atoms with E-state index < -0.39 is 10.8 Å². The third kappa shape index (κ3) is 3.66. The summed E-state index contributed by atoms with van der Waals surface area (Å²) < 4.78 is 0. The van der Waals surface area contributed by atoms with Crippen LogP contribution in [-0.4, -0.2) is 16.5 Å². The lowest BCUT2D eigenvalue weighted by Crippen LogP contribution is -2.19. The lowest BCUT2D eigenvalue weighted by atomic mass is 10.1. The van der Waals surface area contributed by atoms with Gasteiger partial charge in [0.25, 0.3) is 11.6 Å². The average Bonchev–Trinajstić information content (AvgIpc) is 2.52. The first-order valence-electron chi connectivity index (χ1n) is 6.42. The molecule has 0 fully saturated rings. The van der Waals surface area contributed by atoms with Gasteiger partial charge >= 0.3 is 0 Å². The Labute approximate surface area is 126 Å². The number of nitrogen functional groups attached to an aromatic ring is 1. The van der Waals surface area contributed by atoms with E-state index in [2.05, 4.69) is 10.5 Å². The van der Waals surface area contributed by atoms with Crippen LogP contribution in [0.3, 0.4) is 0 Å². The molecular weight excluding hydrogens is 284 g/mol. The largest absolute Gasteiger partial charge is 0.399 e. The van der Waals surface area contributed by atoms with Crippen LogP contribution in [0.2, 0.25) is 0 Å². The summed E-state index contributed by atoms with van der Waals surface area (Å²) in [6.45, 7) is 1.74. The van der Waals surface area contributed by atoms with E-state index in [4.69, 9.17) is 5.73 Å². The summed E-state index contributed by atoms with van der Waals surface area (Å²) in [4.78, 5) is 21.9. The number of nitro groups is 1. The molecular formula is C15H14N4O3. The van der Waals surface area contributed by atoms with Crippen LogP contribution in [0.5, 0.6) is 0 Å². The highest BCUT2D eigenvalue weighted by Gasteiger charge is 2.09. The summed E-state index contributed by atoms with van der Waals surface area (Å²) in [6, 6.07) is 12.4. The zero-order valence-corrected chi connectivity index (χ0v) is 11.8. The summed E-state index contributed by atoms with van der Waals surface area (Å²) in [5.74, 6) is -0.446. The van der Waals surface area contributed by atoms with Crippen molar-refractivity contribution in [3.05, 3.63) is 69.8 Å². The molecule has 0 aliphatic carbocycles. The number of rotatable bonds is 4. The van der Waals surface area contributed by atoms with Gasteiger partial charge in [0.1, 0.15) is 0 Å².